The van der Waals surface area contributed by atoms with Crippen molar-refractivity contribution < 1.29 is 14.5 Å². The molecule has 9 nitrogen and oxygen atoms in total. The molecule has 0 bridgehead atoms. The highest BCUT2D eigenvalue weighted by molar-refractivity contribution is 9.10. The number of non-ortho nitro benzene ring substituents is 1. The lowest BCUT2D eigenvalue weighted by atomic mass is 10.1. The standard InChI is InChI=1S/C29H19BrN4O5/c1-18-5-4-6-20(15-18)29(36)39-26-14-11-22(30)16-21(26)17-31-33-27(19-9-12-23(13-10-19)34(37)38)32-25-8-3-2-7-24(25)28(33)35/h2-17H,1H3. The first-order valence-electron chi connectivity index (χ1n) is 11.7. The van der Waals surface area contributed by atoms with Crippen LogP contribution in [-0.2, 0) is 0 Å². The number of nitro groups is 1. The van der Waals surface area contributed by atoms with E-state index in [1.807, 2.05) is 13.0 Å². The number of rotatable bonds is 6. The molecule has 4 aromatic carbocycles. The highest BCUT2D eigenvalue weighted by Crippen LogP contribution is 2.25. The number of esters is 1. The summed E-state index contributed by atoms with van der Waals surface area (Å²) in [7, 11) is 0. The van der Waals surface area contributed by atoms with Gasteiger partial charge >= 0.3 is 5.97 Å². The van der Waals surface area contributed by atoms with Gasteiger partial charge in [-0.2, -0.15) is 9.78 Å². The topological polar surface area (TPSA) is 117 Å². The number of aryl methyl sites for hydroxylation is 1. The molecule has 0 atom stereocenters. The quantitative estimate of drug-likeness (QED) is 0.0779. The molecule has 0 saturated carbocycles. The van der Waals surface area contributed by atoms with Crippen molar-refractivity contribution in [1.82, 2.24) is 9.66 Å². The van der Waals surface area contributed by atoms with E-state index in [4.69, 9.17) is 4.74 Å². The number of hydrogen-bond acceptors (Lipinski definition) is 7. The molecule has 1 heterocycles. The van der Waals surface area contributed by atoms with Crippen molar-refractivity contribution in [1.29, 1.82) is 0 Å². The van der Waals surface area contributed by atoms with Crippen LogP contribution in [0.1, 0.15) is 21.5 Å². The number of nitro benzene ring substituents is 1. The molecule has 0 aliphatic rings. The fourth-order valence-corrected chi connectivity index (χ4v) is 4.29. The molecular weight excluding hydrogens is 564 g/mol. The lowest BCUT2D eigenvalue weighted by molar-refractivity contribution is -0.384. The van der Waals surface area contributed by atoms with Gasteiger partial charge in [0, 0.05) is 27.7 Å². The Bertz CT molecular complexity index is 1830. The Morgan fingerprint density at radius 2 is 1.79 bits per heavy atom. The summed E-state index contributed by atoms with van der Waals surface area (Å²) in [5.74, 6) is -0.0999. The van der Waals surface area contributed by atoms with E-state index in [1.54, 1.807) is 60.7 Å². The molecule has 1 aromatic heterocycles. The van der Waals surface area contributed by atoms with E-state index in [1.165, 1.54) is 30.5 Å². The maximum Gasteiger partial charge on any atom is 0.343 e. The Kier molecular flexibility index (Phi) is 7.11. The van der Waals surface area contributed by atoms with E-state index in [0.29, 0.717) is 32.1 Å². The third-order valence-corrected chi connectivity index (χ3v) is 6.32. The minimum atomic E-state index is -0.535. The molecule has 39 heavy (non-hydrogen) atoms. The summed E-state index contributed by atoms with van der Waals surface area (Å²) in [6.07, 6.45) is 1.40. The zero-order valence-electron chi connectivity index (χ0n) is 20.4. The summed E-state index contributed by atoms with van der Waals surface area (Å²) < 4.78 is 7.49. The smallest absolute Gasteiger partial charge is 0.343 e. The molecular formula is C29H19BrN4O5. The van der Waals surface area contributed by atoms with Crippen molar-refractivity contribution >= 4 is 44.7 Å². The van der Waals surface area contributed by atoms with Crippen molar-refractivity contribution in [2.45, 2.75) is 6.92 Å². The number of aromatic nitrogens is 2. The van der Waals surface area contributed by atoms with Crippen LogP contribution in [0.4, 0.5) is 5.69 Å². The maximum absolute atomic E-state index is 13.5. The van der Waals surface area contributed by atoms with Crippen LogP contribution >= 0.6 is 15.9 Å². The number of ether oxygens (including phenoxy) is 1. The zero-order chi connectivity index (χ0) is 27.5. The Morgan fingerprint density at radius 3 is 2.54 bits per heavy atom. The number of nitrogens with zero attached hydrogens (tertiary/aromatic N) is 4. The second-order valence-corrected chi connectivity index (χ2v) is 9.47. The van der Waals surface area contributed by atoms with Gasteiger partial charge in [0.15, 0.2) is 5.82 Å². The molecule has 0 fully saturated rings. The second-order valence-electron chi connectivity index (χ2n) is 8.56. The molecule has 0 spiro atoms. The van der Waals surface area contributed by atoms with Gasteiger partial charge in [-0.05, 0) is 61.5 Å². The minimum Gasteiger partial charge on any atom is -0.422 e. The molecule has 0 radical (unpaired) electrons. The summed E-state index contributed by atoms with van der Waals surface area (Å²) in [4.78, 5) is 41.5. The minimum absolute atomic E-state index is 0.0915. The summed E-state index contributed by atoms with van der Waals surface area (Å²) in [5.41, 5.74) is 2.14. The third kappa shape index (κ3) is 5.51. The van der Waals surface area contributed by atoms with Gasteiger partial charge in [0.05, 0.1) is 27.6 Å². The Morgan fingerprint density at radius 1 is 1.03 bits per heavy atom. The molecule has 0 unspecified atom stereocenters. The van der Waals surface area contributed by atoms with E-state index in [2.05, 4.69) is 26.0 Å². The second kappa shape index (κ2) is 10.8. The molecule has 5 rings (SSSR count). The number of carbonyl (C=O) groups excluding carboxylic acids is 1. The van der Waals surface area contributed by atoms with Crippen molar-refractivity contribution in [3.63, 3.8) is 0 Å². The van der Waals surface area contributed by atoms with Gasteiger partial charge in [0.1, 0.15) is 5.75 Å². The van der Waals surface area contributed by atoms with Gasteiger partial charge in [-0.25, -0.2) is 9.78 Å². The largest absolute Gasteiger partial charge is 0.422 e. The van der Waals surface area contributed by atoms with Gasteiger partial charge in [-0.3, -0.25) is 14.9 Å². The van der Waals surface area contributed by atoms with E-state index >= 15 is 0 Å². The fourth-order valence-electron chi connectivity index (χ4n) is 3.91. The zero-order valence-corrected chi connectivity index (χ0v) is 22.0. The third-order valence-electron chi connectivity index (χ3n) is 5.83. The first-order chi connectivity index (χ1) is 18.8. The predicted octanol–water partition coefficient (Wildman–Crippen LogP) is 6.14. The van der Waals surface area contributed by atoms with Crippen LogP contribution in [0.15, 0.2) is 105 Å². The number of benzene rings is 4. The summed E-state index contributed by atoms with van der Waals surface area (Å²) in [6, 6.07) is 24.6. The molecule has 192 valence electrons. The molecule has 0 N–H and O–H groups in total. The highest BCUT2D eigenvalue weighted by atomic mass is 79.9. The summed E-state index contributed by atoms with van der Waals surface area (Å²) >= 11 is 3.42. The van der Waals surface area contributed by atoms with Crippen molar-refractivity contribution in [3.8, 4) is 17.1 Å². The van der Waals surface area contributed by atoms with Crippen LogP contribution in [0.25, 0.3) is 22.3 Å². The van der Waals surface area contributed by atoms with Crippen LogP contribution in [0.2, 0.25) is 0 Å². The van der Waals surface area contributed by atoms with E-state index < -0.39 is 16.5 Å². The highest BCUT2D eigenvalue weighted by Gasteiger charge is 2.15. The van der Waals surface area contributed by atoms with Gasteiger partial charge in [-0.15, -0.1) is 0 Å². The molecule has 0 amide bonds. The van der Waals surface area contributed by atoms with Crippen molar-refractivity contribution in [2.24, 2.45) is 5.10 Å². The van der Waals surface area contributed by atoms with Gasteiger partial charge < -0.3 is 4.74 Å². The van der Waals surface area contributed by atoms with Crippen LogP contribution in [0.3, 0.4) is 0 Å². The first kappa shape index (κ1) is 25.7. The Balaban J connectivity index is 1.59. The number of para-hydroxylation sites is 1. The van der Waals surface area contributed by atoms with Gasteiger partial charge in [0.2, 0.25) is 0 Å². The number of halogens is 1. The Labute approximate surface area is 230 Å². The number of hydrogen-bond donors (Lipinski definition) is 0. The summed E-state index contributed by atoms with van der Waals surface area (Å²) in [6.45, 7) is 1.88. The number of fused-ring (bicyclic) bond motifs is 1. The normalized spacial score (nSPS) is 11.1. The molecule has 5 aromatic rings. The fraction of sp³-hybridized carbons (Fsp3) is 0.0345. The molecule has 0 aliphatic heterocycles. The van der Waals surface area contributed by atoms with Gasteiger partial charge in [0.25, 0.3) is 11.2 Å². The average molecular weight is 583 g/mol. The van der Waals surface area contributed by atoms with E-state index in [-0.39, 0.29) is 17.3 Å². The SMILES string of the molecule is Cc1cccc(C(=O)Oc2ccc(Br)cc2C=Nn2c(-c3ccc([N+](=O)[O-])cc3)nc3ccccc3c2=O)c1. The lowest BCUT2D eigenvalue weighted by Gasteiger charge is -2.11. The van der Waals surface area contributed by atoms with E-state index in [0.717, 1.165) is 10.2 Å². The maximum atomic E-state index is 13.5. The van der Waals surface area contributed by atoms with Crippen molar-refractivity contribution in [2.75, 3.05) is 0 Å². The summed E-state index contributed by atoms with van der Waals surface area (Å²) in [5, 5.41) is 15.9. The molecule has 0 aliphatic carbocycles. The van der Waals surface area contributed by atoms with Crippen molar-refractivity contribution in [3.05, 3.63) is 133 Å². The molecule has 10 heteroatoms. The monoisotopic (exact) mass is 582 g/mol. The van der Waals surface area contributed by atoms with Crippen LogP contribution in [-0.4, -0.2) is 26.8 Å². The molecule has 0 saturated heterocycles. The van der Waals surface area contributed by atoms with Crippen LogP contribution in [0, 0.1) is 17.0 Å². The number of carbonyl (C=O) groups is 1. The predicted molar refractivity (Wildman–Crippen MR) is 151 cm³/mol. The van der Waals surface area contributed by atoms with Crippen LogP contribution in [0.5, 0.6) is 5.75 Å². The average Bonchev–Trinajstić information content (AvgIpc) is 2.93. The van der Waals surface area contributed by atoms with E-state index in [9.17, 15) is 19.7 Å². The lowest BCUT2D eigenvalue weighted by Crippen LogP contribution is -2.20. The Hall–Kier alpha value is -4.96. The first-order valence-corrected chi connectivity index (χ1v) is 12.5. The van der Waals surface area contributed by atoms with Gasteiger partial charge in [-0.1, -0.05) is 45.8 Å². The van der Waals surface area contributed by atoms with Crippen LogP contribution < -0.4 is 10.3 Å².